The van der Waals surface area contributed by atoms with Crippen molar-refractivity contribution in [2.75, 3.05) is 11.5 Å². The van der Waals surface area contributed by atoms with Gasteiger partial charge in [-0.2, -0.15) is 0 Å². The van der Waals surface area contributed by atoms with Crippen molar-refractivity contribution < 1.29 is 9.47 Å². The van der Waals surface area contributed by atoms with Gasteiger partial charge in [0.2, 0.25) is 0 Å². The van der Waals surface area contributed by atoms with E-state index in [1.807, 2.05) is 0 Å². The summed E-state index contributed by atoms with van der Waals surface area (Å²) in [4.78, 5) is 0. The molecule has 2 nitrogen and oxygen atoms in total. The summed E-state index contributed by atoms with van der Waals surface area (Å²) in [6.07, 6.45) is 3.08. The third-order valence-corrected chi connectivity index (χ3v) is 4.87. The van der Waals surface area contributed by atoms with Gasteiger partial charge in [-0.05, 0) is 36.6 Å². The summed E-state index contributed by atoms with van der Waals surface area (Å²) in [6.45, 7) is 7.11. The van der Waals surface area contributed by atoms with Crippen LogP contribution in [0.4, 0.5) is 0 Å². The summed E-state index contributed by atoms with van der Waals surface area (Å²) >= 11 is 13.2. The molecule has 1 aliphatic heterocycles. The monoisotopic (exact) mass is 292 g/mol. The van der Waals surface area contributed by atoms with Crippen LogP contribution in [-0.4, -0.2) is 32.5 Å². The Labute approximate surface area is 115 Å². The van der Waals surface area contributed by atoms with Crippen molar-refractivity contribution in [1.29, 1.82) is 0 Å². The molecule has 1 fully saturated rings. The first-order chi connectivity index (χ1) is 7.65. The molecule has 0 bridgehead atoms. The van der Waals surface area contributed by atoms with E-state index in [0.717, 1.165) is 11.5 Å². The highest BCUT2D eigenvalue weighted by Crippen LogP contribution is 2.31. The van der Waals surface area contributed by atoms with Gasteiger partial charge < -0.3 is 9.47 Å². The molecule has 1 aliphatic rings. The molecular weight excluding hydrogens is 280 g/mol. The molecule has 0 amide bonds. The van der Waals surface area contributed by atoms with E-state index in [1.165, 1.54) is 12.2 Å². The highest BCUT2D eigenvalue weighted by Gasteiger charge is 2.25. The largest absolute Gasteiger partial charge is 0.469 e. The van der Waals surface area contributed by atoms with E-state index in [9.17, 15) is 0 Å². The minimum Gasteiger partial charge on any atom is -0.469 e. The number of ether oxygens (including phenoxy) is 2. The number of hydrogen-bond donors (Lipinski definition) is 0. The van der Waals surface area contributed by atoms with Gasteiger partial charge in [0.25, 0.3) is 0 Å². The number of hydrogen-bond acceptors (Lipinski definition) is 6. The van der Waals surface area contributed by atoms with Crippen LogP contribution in [-0.2, 0) is 9.47 Å². The Bertz CT molecular complexity index is 265. The normalized spacial score (nSPS) is 24.2. The van der Waals surface area contributed by atoms with Gasteiger partial charge in [0.1, 0.15) is 0 Å². The Hall–Kier alpha value is -0.0400. The average Bonchev–Trinajstić information content (AvgIpc) is 2.31. The molecule has 0 aromatic heterocycles. The second kappa shape index (κ2) is 7.32. The molecule has 0 radical (unpaired) electrons. The van der Waals surface area contributed by atoms with Gasteiger partial charge in [0, 0.05) is 11.5 Å². The number of thiocarbonyl (C=S) groups is 2. The molecule has 0 N–H and O–H groups in total. The molecule has 1 saturated heterocycles. The standard InChI is InChI=1S/C10H12O2S4/c1-3-7(13)11-9-5-16-10(6-15-9)12-8(14)4-2/h3-4,9-10H,1-2,5-6H2. The van der Waals surface area contributed by atoms with Crippen molar-refractivity contribution in [3.63, 3.8) is 0 Å². The second-order valence-corrected chi connectivity index (χ2v) is 6.00. The van der Waals surface area contributed by atoms with E-state index in [2.05, 4.69) is 13.2 Å². The van der Waals surface area contributed by atoms with E-state index in [4.69, 9.17) is 33.9 Å². The van der Waals surface area contributed by atoms with E-state index in [-0.39, 0.29) is 10.9 Å². The van der Waals surface area contributed by atoms with Crippen LogP contribution in [0.1, 0.15) is 0 Å². The van der Waals surface area contributed by atoms with Gasteiger partial charge in [-0.15, -0.1) is 23.5 Å². The number of rotatable bonds is 4. The third kappa shape index (κ3) is 4.86. The summed E-state index contributed by atoms with van der Waals surface area (Å²) in [5, 5.41) is 0.887. The lowest BCUT2D eigenvalue weighted by Crippen LogP contribution is -2.27. The van der Waals surface area contributed by atoms with E-state index in [0.29, 0.717) is 10.1 Å². The molecule has 16 heavy (non-hydrogen) atoms. The quantitative estimate of drug-likeness (QED) is 0.581. The van der Waals surface area contributed by atoms with Gasteiger partial charge in [-0.3, -0.25) is 0 Å². The molecule has 0 saturated carbocycles. The minimum absolute atomic E-state index is 0.0765. The van der Waals surface area contributed by atoms with Gasteiger partial charge in [-0.25, -0.2) is 0 Å². The Morgan fingerprint density at radius 2 is 1.38 bits per heavy atom. The smallest absolute Gasteiger partial charge is 0.184 e. The van der Waals surface area contributed by atoms with Crippen molar-refractivity contribution >= 4 is 58.1 Å². The predicted molar refractivity (Wildman–Crippen MR) is 80.3 cm³/mol. The zero-order chi connectivity index (χ0) is 12.0. The fraction of sp³-hybridized carbons (Fsp3) is 0.400. The highest BCUT2D eigenvalue weighted by atomic mass is 32.2. The molecule has 1 heterocycles. The maximum Gasteiger partial charge on any atom is 0.184 e. The first kappa shape index (κ1) is 14.0. The van der Waals surface area contributed by atoms with Crippen molar-refractivity contribution in [2.24, 2.45) is 0 Å². The predicted octanol–water partition coefficient (Wildman–Crippen LogP) is 3.18. The fourth-order valence-electron chi connectivity index (χ4n) is 0.959. The molecule has 0 aromatic carbocycles. The van der Waals surface area contributed by atoms with Gasteiger partial charge in [0.05, 0.1) is 0 Å². The van der Waals surface area contributed by atoms with Crippen LogP contribution in [0.3, 0.4) is 0 Å². The zero-order valence-corrected chi connectivity index (χ0v) is 11.9. The molecule has 0 spiro atoms. The molecule has 1 rings (SSSR count). The second-order valence-electron chi connectivity index (χ2n) is 2.81. The average molecular weight is 292 g/mol. The number of thioether (sulfide) groups is 2. The lowest BCUT2D eigenvalue weighted by molar-refractivity contribution is 0.285. The highest BCUT2D eigenvalue weighted by molar-refractivity contribution is 8.07. The lowest BCUT2D eigenvalue weighted by atomic mass is 10.7. The van der Waals surface area contributed by atoms with Crippen molar-refractivity contribution in [1.82, 2.24) is 0 Å². The van der Waals surface area contributed by atoms with Crippen LogP contribution in [0.25, 0.3) is 0 Å². The van der Waals surface area contributed by atoms with Crippen LogP contribution in [0.2, 0.25) is 0 Å². The topological polar surface area (TPSA) is 18.5 Å². The summed E-state index contributed by atoms with van der Waals surface area (Å²) in [6, 6.07) is 0. The van der Waals surface area contributed by atoms with Crippen LogP contribution in [0.15, 0.2) is 25.3 Å². The Balaban J connectivity index is 2.28. The maximum atomic E-state index is 5.47. The van der Waals surface area contributed by atoms with Gasteiger partial charge >= 0.3 is 0 Å². The van der Waals surface area contributed by atoms with Gasteiger partial charge in [0.15, 0.2) is 21.0 Å². The molecule has 88 valence electrons. The Morgan fingerprint density at radius 1 is 1.00 bits per heavy atom. The van der Waals surface area contributed by atoms with Crippen molar-refractivity contribution in [3.8, 4) is 0 Å². The first-order valence-electron chi connectivity index (χ1n) is 4.55. The maximum absolute atomic E-state index is 5.47. The van der Waals surface area contributed by atoms with E-state index >= 15 is 0 Å². The third-order valence-electron chi connectivity index (χ3n) is 1.66. The van der Waals surface area contributed by atoms with Crippen molar-refractivity contribution in [3.05, 3.63) is 25.3 Å². The molecule has 6 heteroatoms. The lowest BCUT2D eigenvalue weighted by Gasteiger charge is -2.27. The summed E-state index contributed by atoms with van der Waals surface area (Å²) < 4.78 is 10.9. The Kier molecular flexibility index (Phi) is 6.41. The fourth-order valence-corrected chi connectivity index (χ4v) is 3.78. The van der Waals surface area contributed by atoms with Gasteiger partial charge in [-0.1, -0.05) is 13.2 Å². The van der Waals surface area contributed by atoms with Crippen LogP contribution >= 0.6 is 48.0 Å². The summed E-state index contributed by atoms with van der Waals surface area (Å²) in [5.74, 6) is 1.64. The molecular formula is C10H12O2S4. The Morgan fingerprint density at radius 3 is 1.62 bits per heavy atom. The molecule has 2 atom stereocenters. The molecule has 2 unspecified atom stereocenters. The van der Waals surface area contributed by atoms with Crippen LogP contribution in [0.5, 0.6) is 0 Å². The SMILES string of the molecule is C=CC(=S)OC1CSC(OC(=S)C=C)CS1. The van der Waals surface area contributed by atoms with Crippen molar-refractivity contribution in [2.45, 2.75) is 10.9 Å². The van der Waals surface area contributed by atoms with Crippen LogP contribution < -0.4 is 0 Å². The summed E-state index contributed by atoms with van der Waals surface area (Å²) in [5.41, 5.74) is 0.153. The first-order valence-corrected chi connectivity index (χ1v) is 7.46. The van der Waals surface area contributed by atoms with Crippen LogP contribution in [0, 0.1) is 0 Å². The molecule has 0 aromatic rings. The summed E-state index contributed by atoms with van der Waals surface area (Å²) in [7, 11) is 0. The minimum atomic E-state index is 0.0765. The zero-order valence-electron chi connectivity index (χ0n) is 8.59. The molecule has 0 aliphatic carbocycles. The van der Waals surface area contributed by atoms with E-state index < -0.39 is 0 Å². The van der Waals surface area contributed by atoms with E-state index in [1.54, 1.807) is 23.5 Å².